The minimum Gasteiger partial charge on any atom is -0.496 e. The number of aryl methyl sites for hydroxylation is 1. The van der Waals surface area contributed by atoms with E-state index < -0.39 is 33.9 Å². The summed E-state index contributed by atoms with van der Waals surface area (Å²) in [4.78, 5) is 16.5. The highest BCUT2D eigenvalue weighted by Crippen LogP contribution is 2.25. The molecular weight excluding hydrogens is 413 g/mol. The van der Waals surface area contributed by atoms with Gasteiger partial charge in [0.15, 0.2) is 0 Å². The number of nitrogens with one attached hydrogen (secondary N) is 2. The van der Waals surface area contributed by atoms with Crippen LogP contribution in [0.15, 0.2) is 35.2 Å². The van der Waals surface area contributed by atoms with Crippen LogP contribution in [0, 0.1) is 12.7 Å². The number of aliphatic hydroxyl groups excluding tert-OH is 1. The Kier molecular flexibility index (Phi) is 6.69. The van der Waals surface area contributed by atoms with Crippen LogP contribution in [0.3, 0.4) is 0 Å². The van der Waals surface area contributed by atoms with Crippen LogP contribution >= 0.6 is 0 Å². The lowest BCUT2D eigenvalue weighted by atomic mass is 9.93. The summed E-state index contributed by atoms with van der Waals surface area (Å²) in [5, 5.41) is 12.6. The number of sulfonamides is 1. The molecule has 30 heavy (non-hydrogen) atoms. The number of hydrogen-bond donors (Lipinski definition) is 3. The van der Waals surface area contributed by atoms with Crippen molar-refractivity contribution in [2.24, 2.45) is 0 Å². The molecule has 162 valence electrons. The number of hydrogen-bond acceptors (Lipinski definition) is 6. The maximum absolute atomic E-state index is 13.4. The summed E-state index contributed by atoms with van der Waals surface area (Å²) in [6.45, 7) is 1.46. The molecule has 1 aliphatic rings. The molecule has 1 amide bonds. The van der Waals surface area contributed by atoms with Crippen LogP contribution in [0.25, 0.3) is 0 Å². The van der Waals surface area contributed by atoms with E-state index in [-0.39, 0.29) is 27.7 Å². The molecule has 0 spiro atoms. The molecule has 2 unspecified atom stereocenters. The molecule has 3 rings (SSSR count). The number of amides is 1. The predicted octanol–water partition coefficient (Wildman–Crippen LogP) is 2.37. The average molecular weight is 437 g/mol. The van der Waals surface area contributed by atoms with Gasteiger partial charge in [-0.15, -0.1) is 0 Å². The minimum absolute atomic E-state index is 0.0201. The maximum Gasteiger partial charge on any atom is 0.260 e. The Hall–Kier alpha value is -2.56. The summed E-state index contributed by atoms with van der Waals surface area (Å²) < 4.78 is 46.7. The van der Waals surface area contributed by atoms with Crippen LogP contribution in [-0.4, -0.2) is 43.7 Å². The van der Waals surface area contributed by atoms with Gasteiger partial charge in [0.25, 0.3) is 5.91 Å². The molecule has 0 bridgehead atoms. The van der Waals surface area contributed by atoms with Crippen molar-refractivity contribution in [2.75, 3.05) is 12.4 Å². The molecule has 1 aromatic carbocycles. The molecule has 1 fully saturated rings. The number of methoxy groups -OCH3 is 1. The van der Waals surface area contributed by atoms with Crippen molar-refractivity contribution in [3.8, 4) is 5.75 Å². The third-order valence-corrected chi connectivity index (χ3v) is 6.51. The molecule has 0 radical (unpaired) electrons. The van der Waals surface area contributed by atoms with E-state index in [2.05, 4.69) is 15.0 Å². The quantitative estimate of drug-likeness (QED) is 0.639. The minimum atomic E-state index is -3.97. The maximum atomic E-state index is 13.4. The summed E-state index contributed by atoms with van der Waals surface area (Å²) in [7, 11) is -2.61. The molecule has 1 aliphatic carbocycles. The molecule has 2 aromatic rings. The Labute approximate surface area is 174 Å². The fraction of sp³-hybridized carbons (Fsp3) is 0.400. The number of halogens is 1. The summed E-state index contributed by atoms with van der Waals surface area (Å²) in [6, 6.07) is 5.81. The number of pyridine rings is 1. The van der Waals surface area contributed by atoms with E-state index in [9.17, 15) is 22.7 Å². The number of carbonyl (C=O) groups is 1. The van der Waals surface area contributed by atoms with Crippen LogP contribution in [-0.2, 0) is 10.0 Å². The summed E-state index contributed by atoms with van der Waals surface area (Å²) >= 11 is 0. The number of aliphatic hydroxyl groups is 1. The highest BCUT2D eigenvalue weighted by molar-refractivity contribution is 7.89. The van der Waals surface area contributed by atoms with Crippen molar-refractivity contribution in [1.82, 2.24) is 9.71 Å². The number of aromatic nitrogens is 1. The zero-order valence-electron chi connectivity index (χ0n) is 16.7. The van der Waals surface area contributed by atoms with Crippen LogP contribution in [0.5, 0.6) is 5.75 Å². The van der Waals surface area contributed by atoms with Gasteiger partial charge in [-0.05, 0) is 50.1 Å². The molecule has 8 nitrogen and oxygen atoms in total. The normalized spacial score (nSPS) is 19.3. The fourth-order valence-corrected chi connectivity index (χ4v) is 4.67. The van der Waals surface area contributed by atoms with E-state index in [0.29, 0.717) is 12.8 Å². The van der Waals surface area contributed by atoms with Gasteiger partial charge < -0.3 is 15.2 Å². The van der Waals surface area contributed by atoms with Crippen molar-refractivity contribution >= 4 is 21.7 Å². The van der Waals surface area contributed by atoms with Crippen LogP contribution < -0.4 is 14.8 Å². The number of ether oxygens (including phenoxy) is 1. The number of anilines is 1. The second-order valence-corrected chi connectivity index (χ2v) is 8.87. The smallest absolute Gasteiger partial charge is 0.260 e. The van der Waals surface area contributed by atoms with Crippen molar-refractivity contribution in [2.45, 2.75) is 49.6 Å². The first-order valence-electron chi connectivity index (χ1n) is 9.54. The zero-order valence-corrected chi connectivity index (χ0v) is 17.5. The zero-order chi connectivity index (χ0) is 21.9. The van der Waals surface area contributed by atoms with Gasteiger partial charge in [0, 0.05) is 6.04 Å². The Morgan fingerprint density at radius 1 is 1.23 bits per heavy atom. The van der Waals surface area contributed by atoms with E-state index in [1.54, 1.807) is 0 Å². The molecule has 0 saturated heterocycles. The second kappa shape index (κ2) is 9.07. The van der Waals surface area contributed by atoms with Gasteiger partial charge in [0.05, 0.1) is 29.4 Å². The lowest BCUT2D eigenvalue weighted by Gasteiger charge is -2.28. The van der Waals surface area contributed by atoms with Gasteiger partial charge in [-0.1, -0.05) is 12.8 Å². The van der Waals surface area contributed by atoms with Gasteiger partial charge in [-0.3, -0.25) is 4.79 Å². The fourth-order valence-electron chi connectivity index (χ4n) is 3.35. The van der Waals surface area contributed by atoms with E-state index >= 15 is 0 Å². The van der Waals surface area contributed by atoms with Gasteiger partial charge >= 0.3 is 0 Å². The van der Waals surface area contributed by atoms with E-state index in [1.807, 2.05) is 0 Å². The standard InChI is InChI=1S/C20H24FN3O5S/c1-12-15(21)8-10-19(22-12)23-20(26)14-11-13(7-9-18(14)29-2)30(27,28)24-16-5-3-4-6-17(16)25/h7-11,16-17,24-25H,3-6H2,1-2H3,(H,22,23,26). The van der Waals surface area contributed by atoms with Gasteiger partial charge in [0.1, 0.15) is 17.4 Å². The molecular formula is C20H24FN3O5S. The Morgan fingerprint density at radius 3 is 2.63 bits per heavy atom. The molecule has 3 N–H and O–H groups in total. The van der Waals surface area contributed by atoms with Crippen molar-refractivity contribution < 1.29 is 27.4 Å². The number of nitrogens with zero attached hydrogens (tertiary/aromatic N) is 1. The molecule has 1 heterocycles. The van der Waals surface area contributed by atoms with Crippen molar-refractivity contribution in [3.05, 3.63) is 47.4 Å². The SMILES string of the molecule is COc1ccc(S(=O)(=O)NC2CCCCC2O)cc1C(=O)Nc1ccc(F)c(C)n1. The van der Waals surface area contributed by atoms with Crippen LogP contribution in [0.4, 0.5) is 10.2 Å². The molecule has 1 saturated carbocycles. The number of benzene rings is 1. The number of rotatable bonds is 6. The van der Waals surface area contributed by atoms with E-state index in [0.717, 1.165) is 12.8 Å². The monoisotopic (exact) mass is 437 g/mol. The van der Waals surface area contributed by atoms with Gasteiger partial charge in [-0.25, -0.2) is 22.5 Å². The molecule has 1 aromatic heterocycles. The van der Waals surface area contributed by atoms with Gasteiger partial charge in [0.2, 0.25) is 10.0 Å². The Bertz CT molecular complexity index is 1040. The summed E-state index contributed by atoms with van der Waals surface area (Å²) in [6.07, 6.45) is 2.00. The molecule has 2 atom stereocenters. The highest BCUT2D eigenvalue weighted by Gasteiger charge is 2.29. The first kappa shape index (κ1) is 22.1. The third-order valence-electron chi connectivity index (χ3n) is 5.02. The largest absolute Gasteiger partial charge is 0.496 e. The first-order valence-corrected chi connectivity index (χ1v) is 11.0. The lowest BCUT2D eigenvalue weighted by Crippen LogP contribution is -2.44. The predicted molar refractivity (Wildman–Crippen MR) is 108 cm³/mol. The lowest BCUT2D eigenvalue weighted by molar-refractivity contribution is 0.101. The summed E-state index contributed by atoms with van der Waals surface area (Å²) in [5.74, 6) is -0.865. The summed E-state index contributed by atoms with van der Waals surface area (Å²) in [5.41, 5.74) is 0.0969. The third kappa shape index (κ3) is 4.94. The Balaban J connectivity index is 1.86. The number of carbonyl (C=O) groups excluding carboxylic acids is 1. The highest BCUT2D eigenvalue weighted by atomic mass is 32.2. The average Bonchev–Trinajstić information content (AvgIpc) is 2.71. The van der Waals surface area contributed by atoms with E-state index in [1.165, 1.54) is 44.4 Å². The van der Waals surface area contributed by atoms with Crippen molar-refractivity contribution in [1.29, 1.82) is 0 Å². The van der Waals surface area contributed by atoms with Gasteiger partial charge in [-0.2, -0.15) is 0 Å². The Morgan fingerprint density at radius 2 is 1.97 bits per heavy atom. The molecule has 0 aliphatic heterocycles. The van der Waals surface area contributed by atoms with E-state index in [4.69, 9.17) is 4.74 Å². The van der Waals surface area contributed by atoms with Crippen molar-refractivity contribution in [3.63, 3.8) is 0 Å². The topological polar surface area (TPSA) is 118 Å². The van der Waals surface area contributed by atoms with Crippen LogP contribution in [0.1, 0.15) is 41.7 Å². The molecule has 10 heteroatoms. The second-order valence-electron chi connectivity index (χ2n) is 7.16. The first-order chi connectivity index (χ1) is 14.2. The van der Waals surface area contributed by atoms with Crippen LogP contribution in [0.2, 0.25) is 0 Å².